The molecule has 0 unspecified atom stereocenters. The van der Waals surface area contributed by atoms with Crippen LogP contribution in [0.25, 0.3) is 0 Å². The van der Waals surface area contributed by atoms with Crippen molar-refractivity contribution in [2.45, 2.75) is 44.2 Å². The van der Waals surface area contributed by atoms with Crippen LogP contribution in [0.2, 0.25) is 0 Å². The van der Waals surface area contributed by atoms with Crippen LogP contribution in [0.4, 0.5) is 4.79 Å². The molecule has 0 bridgehead atoms. The van der Waals surface area contributed by atoms with Crippen molar-refractivity contribution in [2.75, 3.05) is 20.1 Å². The number of carboxylic acid groups (broad SMARTS) is 2. The van der Waals surface area contributed by atoms with Crippen molar-refractivity contribution >= 4 is 18.0 Å². The predicted octanol–water partition coefficient (Wildman–Crippen LogP) is 0.0879. The van der Waals surface area contributed by atoms with Crippen molar-refractivity contribution < 1.29 is 24.6 Å². The van der Waals surface area contributed by atoms with E-state index in [1.165, 1.54) is 12.8 Å². The first kappa shape index (κ1) is 17.2. The fourth-order valence-corrected chi connectivity index (χ4v) is 1.97. The van der Waals surface area contributed by atoms with Crippen molar-refractivity contribution in [1.82, 2.24) is 15.5 Å². The molecule has 1 saturated carbocycles. The molecule has 0 aromatic heterocycles. The lowest BCUT2D eigenvalue weighted by molar-refractivity contribution is -0.140. The molecule has 1 aliphatic carbocycles. The maximum absolute atomic E-state index is 11.6. The summed E-state index contributed by atoms with van der Waals surface area (Å²) in [4.78, 5) is 35.1. The van der Waals surface area contributed by atoms with E-state index in [0.29, 0.717) is 12.6 Å². The molecule has 0 radical (unpaired) electrons. The van der Waals surface area contributed by atoms with Gasteiger partial charge in [0.05, 0.1) is 0 Å². The molecule has 0 aromatic rings. The third kappa shape index (κ3) is 7.50. The van der Waals surface area contributed by atoms with Crippen molar-refractivity contribution in [3.8, 4) is 0 Å². The summed E-state index contributed by atoms with van der Waals surface area (Å²) < 4.78 is 0. The van der Waals surface area contributed by atoms with E-state index in [4.69, 9.17) is 10.2 Å². The lowest BCUT2D eigenvalue weighted by atomic mass is 10.1. The Hall–Kier alpha value is -1.83. The Morgan fingerprint density at radius 2 is 1.95 bits per heavy atom. The van der Waals surface area contributed by atoms with Gasteiger partial charge in [0.2, 0.25) is 0 Å². The maximum atomic E-state index is 11.6. The lowest BCUT2D eigenvalue weighted by Gasteiger charge is -2.17. The molecule has 1 atom stereocenters. The van der Waals surface area contributed by atoms with Gasteiger partial charge in [0.25, 0.3) is 0 Å². The van der Waals surface area contributed by atoms with E-state index in [1.807, 2.05) is 7.05 Å². The number of rotatable bonds is 10. The number of carbonyl (C=O) groups excluding carboxylic acids is 1. The number of hydrogen-bond donors (Lipinski definition) is 4. The molecule has 0 aliphatic heterocycles. The summed E-state index contributed by atoms with van der Waals surface area (Å²) >= 11 is 0. The molecule has 4 N–H and O–H groups in total. The average Bonchev–Trinajstić information content (AvgIpc) is 3.21. The molecule has 120 valence electrons. The number of nitrogens with one attached hydrogen (secondary N) is 2. The van der Waals surface area contributed by atoms with Gasteiger partial charge in [-0.1, -0.05) is 0 Å². The molecule has 8 nitrogen and oxygen atoms in total. The Morgan fingerprint density at radius 3 is 2.48 bits per heavy atom. The Morgan fingerprint density at radius 1 is 1.29 bits per heavy atom. The van der Waals surface area contributed by atoms with Gasteiger partial charge in [0, 0.05) is 25.6 Å². The van der Waals surface area contributed by atoms with Crippen molar-refractivity contribution in [1.29, 1.82) is 0 Å². The highest BCUT2D eigenvalue weighted by atomic mass is 16.4. The van der Waals surface area contributed by atoms with Gasteiger partial charge in [-0.15, -0.1) is 0 Å². The minimum absolute atomic E-state index is 0.0943. The van der Waals surface area contributed by atoms with Gasteiger partial charge in [-0.3, -0.25) is 4.79 Å². The van der Waals surface area contributed by atoms with Gasteiger partial charge in [0.1, 0.15) is 6.04 Å². The predicted molar refractivity (Wildman–Crippen MR) is 75.1 cm³/mol. The molecule has 0 aromatic carbocycles. The quantitative estimate of drug-likeness (QED) is 0.454. The largest absolute Gasteiger partial charge is 0.481 e. The molecular weight excluding hydrogens is 278 g/mol. The molecule has 0 spiro atoms. The first-order chi connectivity index (χ1) is 9.90. The van der Waals surface area contributed by atoms with Gasteiger partial charge in [-0.2, -0.15) is 0 Å². The molecule has 2 amide bonds. The number of aliphatic carboxylic acids is 2. The molecule has 21 heavy (non-hydrogen) atoms. The van der Waals surface area contributed by atoms with Gasteiger partial charge in [-0.25, -0.2) is 9.59 Å². The Balaban J connectivity index is 2.20. The highest BCUT2D eigenvalue weighted by Crippen LogP contribution is 2.24. The zero-order valence-corrected chi connectivity index (χ0v) is 12.2. The summed E-state index contributed by atoms with van der Waals surface area (Å²) in [7, 11) is 1.99. The molecule has 1 fully saturated rings. The molecule has 1 aliphatic rings. The molecule has 0 saturated heterocycles. The van der Waals surface area contributed by atoms with E-state index in [2.05, 4.69) is 15.5 Å². The Labute approximate surface area is 123 Å². The minimum Gasteiger partial charge on any atom is -0.481 e. The van der Waals surface area contributed by atoms with Crippen LogP contribution >= 0.6 is 0 Å². The van der Waals surface area contributed by atoms with Crippen LogP contribution in [0, 0.1) is 0 Å². The first-order valence-corrected chi connectivity index (χ1v) is 7.09. The zero-order chi connectivity index (χ0) is 15.8. The van der Waals surface area contributed by atoms with Gasteiger partial charge in [0.15, 0.2) is 0 Å². The van der Waals surface area contributed by atoms with Gasteiger partial charge < -0.3 is 25.7 Å². The number of urea groups is 1. The van der Waals surface area contributed by atoms with Gasteiger partial charge >= 0.3 is 18.0 Å². The standard InChI is InChI=1S/C13H23N3O5/c1-16(9-5-6-9)8-7-14-13(21)15-10(12(19)20)3-2-4-11(17)18/h9-10H,2-8H2,1H3,(H,17,18)(H,19,20)(H2,14,15,21)/t10-/m1/s1. The monoisotopic (exact) mass is 301 g/mol. The van der Waals surface area contributed by atoms with Crippen LogP contribution < -0.4 is 10.6 Å². The second-order valence-electron chi connectivity index (χ2n) is 5.29. The smallest absolute Gasteiger partial charge is 0.326 e. The highest BCUT2D eigenvalue weighted by Gasteiger charge is 2.25. The average molecular weight is 301 g/mol. The van der Waals surface area contributed by atoms with Gasteiger partial charge in [-0.05, 0) is 32.7 Å². The summed E-state index contributed by atoms with van der Waals surface area (Å²) in [6.07, 6.45) is 2.56. The van der Waals surface area contributed by atoms with Crippen LogP contribution in [0.5, 0.6) is 0 Å². The number of nitrogens with zero attached hydrogens (tertiary/aromatic N) is 1. The zero-order valence-electron chi connectivity index (χ0n) is 12.2. The third-order valence-corrected chi connectivity index (χ3v) is 3.41. The topological polar surface area (TPSA) is 119 Å². The number of amides is 2. The maximum Gasteiger partial charge on any atom is 0.326 e. The van der Waals surface area contributed by atoms with E-state index >= 15 is 0 Å². The Kier molecular flexibility index (Phi) is 6.93. The normalized spacial score (nSPS) is 15.5. The number of likely N-dealkylation sites (N-methyl/N-ethyl adjacent to an activating group) is 1. The number of carboxylic acids is 2. The minimum atomic E-state index is -1.16. The summed E-state index contributed by atoms with van der Waals surface area (Å²) in [5.74, 6) is -2.14. The molecule has 8 heteroatoms. The van der Waals surface area contributed by atoms with Crippen LogP contribution in [-0.4, -0.2) is 65.3 Å². The second-order valence-corrected chi connectivity index (χ2v) is 5.29. The summed E-state index contributed by atoms with van der Waals surface area (Å²) in [6.45, 7) is 1.16. The molecular formula is C13H23N3O5. The van der Waals surface area contributed by atoms with Crippen LogP contribution in [-0.2, 0) is 9.59 Å². The fraction of sp³-hybridized carbons (Fsp3) is 0.769. The van der Waals surface area contributed by atoms with E-state index in [-0.39, 0.29) is 19.3 Å². The third-order valence-electron chi connectivity index (χ3n) is 3.41. The first-order valence-electron chi connectivity index (χ1n) is 7.09. The summed E-state index contributed by atoms with van der Waals surface area (Å²) in [6, 6.07) is -0.995. The highest BCUT2D eigenvalue weighted by molar-refractivity contribution is 5.82. The van der Waals surface area contributed by atoms with E-state index in [0.717, 1.165) is 6.54 Å². The summed E-state index contributed by atoms with van der Waals surface area (Å²) in [5, 5.41) is 22.5. The molecule has 0 heterocycles. The SMILES string of the molecule is CN(CCNC(=O)N[C@H](CCCC(=O)O)C(=O)O)C1CC1. The van der Waals surface area contributed by atoms with E-state index in [9.17, 15) is 14.4 Å². The second kappa shape index (κ2) is 8.46. The van der Waals surface area contributed by atoms with Crippen molar-refractivity contribution in [3.05, 3.63) is 0 Å². The fourth-order valence-electron chi connectivity index (χ4n) is 1.97. The van der Waals surface area contributed by atoms with Crippen molar-refractivity contribution in [3.63, 3.8) is 0 Å². The number of hydrogen-bond acceptors (Lipinski definition) is 4. The van der Waals surface area contributed by atoms with Crippen molar-refractivity contribution in [2.24, 2.45) is 0 Å². The Bertz CT molecular complexity index is 384. The van der Waals surface area contributed by atoms with Crippen LogP contribution in [0.1, 0.15) is 32.1 Å². The lowest BCUT2D eigenvalue weighted by Crippen LogP contribution is -2.47. The summed E-state index contributed by atoms with van der Waals surface area (Å²) in [5.41, 5.74) is 0. The van der Waals surface area contributed by atoms with Crippen LogP contribution in [0.3, 0.4) is 0 Å². The van der Waals surface area contributed by atoms with E-state index in [1.54, 1.807) is 0 Å². The molecule has 1 rings (SSSR count). The van der Waals surface area contributed by atoms with Crippen LogP contribution in [0.15, 0.2) is 0 Å². The van der Waals surface area contributed by atoms with E-state index < -0.39 is 24.0 Å². The number of carbonyl (C=O) groups is 3.